The monoisotopic (exact) mass is 336 g/mol. The second kappa shape index (κ2) is 6.43. The van der Waals surface area contributed by atoms with Gasteiger partial charge in [0.15, 0.2) is 0 Å². The molecule has 0 atom stereocenters. The number of hydrogen-bond donors (Lipinski definition) is 1. The van der Waals surface area contributed by atoms with Gasteiger partial charge in [0.25, 0.3) is 0 Å². The van der Waals surface area contributed by atoms with Crippen LogP contribution in [-0.4, -0.2) is 18.2 Å². The molecule has 0 bridgehead atoms. The van der Waals surface area contributed by atoms with E-state index in [9.17, 15) is 9.90 Å². The summed E-state index contributed by atoms with van der Waals surface area (Å²) in [6.07, 6.45) is 0. The third-order valence-corrected chi connectivity index (χ3v) is 3.20. The van der Waals surface area contributed by atoms with E-state index in [0.29, 0.717) is 4.47 Å². The van der Waals surface area contributed by atoms with Crippen molar-refractivity contribution in [2.45, 2.75) is 6.61 Å². The van der Waals surface area contributed by atoms with Crippen molar-refractivity contribution in [1.29, 1.82) is 0 Å². The largest absolute Gasteiger partial charge is 0.507 e. The van der Waals surface area contributed by atoms with Crippen molar-refractivity contribution in [3.8, 4) is 11.5 Å². The van der Waals surface area contributed by atoms with E-state index in [-0.39, 0.29) is 17.9 Å². The fourth-order valence-corrected chi connectivity index (χ4v) is 1.98. The molecule has 0 fully saturated rings. The third-order valence-electron chi connectivity index (χ3n) is 2.71. The van der Waals surface area contributed by atoms with Crippen molar-refractivity contribution in [2.75, 3.05) is 7.11 Å². The molecule has 1 N–H and O–H groups in total. The van der Waals surface area contributed by atoms with Gasteiger partial charge in [-0.1, -0.05) is 28.1 Å². The molecule has 20 heavy (non-hydrogen) atoms. The first-order valence-electron chi connectivity index (χ1n) is 5.88. The molecule has 0 spiro atoms. The Morgan fingerprint density at radius 1 is 1.20 bits per heavy atom. The molecule has 0 aromatic heterocycles. The van der Waals surface area contributed by atoms with Gasteiger partial charge in [-0.25, -0.2) is 4.79 Å². The number of ether oxygens (including phenoxy) is 2. The molecule has 0 aliphatic rings. The Kier molecular flexibility index (Phi) is 4.63. The van der Waals surface area contributed by atoms with Gasteiger partial charge in [-0.2, -0.15) is 0 Å². The van der Waals surface area contributed by atoms with E-state index in [4.69, 9.17) is 9.47 Å². The lowest BCUT2D eigenvalue weighted by Crippen LogP contribution is -2.05. The van der Waals surface area contributed by atoms with Gasteiger partial charge in [-0.05, 0) is 35.9 Å². The maximum absolute atomic E-state index is 11.9. The number of carbonyl (C=O) groups is 1. The van der Waals surface area contributed by atoms with Gasteiger partial charge < -0.3 is 14.6 Å². The van der Waals surface area contributed by atoms with Gasteiger partial charge in [0.1, 0.15) is 23.7 Å². The molecular weight excluding hydrogens is 324 g/mol. The molecule has 0 saturated carbocycles. The Bertz CT molecular complexity index is 608. The van der Waals surface area contributed by atoms with E-state index >= 15 is 0 Å². The van der Waals surface area contributed by atoms with E-state index < -0.39 is 5.97 Å². The lowest BCUT2D eigenvalue weighted by molar-refractivity contribution is 0.0469. The molecular formula is C15H13BrO4. The van der Waals surface area contributed by atoms with E-state index in [0.717, 1.165) is 11.3 Å². The summed E-state index contributed by atoms with van der Waals surface area (Å²) in [4.78, 5) is 11.9. The number of carbonyl (C=O) groups excluding carboxylic acids is 1. The number of phenols is 1. The van der Waals surface area contributed by atoms with Gasteiger partial charge in [-0.15, -0.1) is 0 Å². The minimum Gasteiger partial charge on any atom is -0.507 e. The molecule has 0 amide bonds. The molecule has 5 heteroatoms. The second-order valence-corrected chi connectivity index (χ2v) is 5.00. The molecule has 0 saturated heterocycles. The molecule has 0 aliphatic carbocycles. The SMILES string of the molecule is COc1ccc(COC(=O)c2cc(Br)ccc2O)cc1. The number of rotatable bonds is 4. The molecule has 104 valence electrons. The summed E-state index contributed by atoms with van der Waals surface area (Å²) >= 11 is 3.24. The van der Waals surface area contributed by atoms with E-state index in [1.807, 2.05) is 12.1 Å². The third kappa shape index (κ3) is 3.51. The maximum Gasteiger partial charge on any atom is 0.342 e. The summed E-state index contributed by atoms with van der Waals surface area (Å²) in [5, 5.41) is 9.63. The molecule has 0 radical (unpaired) electrons. The fourth-order valence-electron chi connectivity index (χ4n) is 1.62. The highest BCUT2D eigenvalue weighted by Crippen LogP contribution is 2.23. The Morgan fingerprint density at radius 3 is 2.55 bits per heavy atom. The minimum absolute atomic E-state index is 0.104. The van der Waals surface area contributed by atoms with Crippen molar-refractivity contribution in [1.82, 2.24) is 0 Å². The van der Waals surface area contributed by atoms with Crippen LogP contribution in [0.5, 0.6) is 11.5 Å². The van der Waals surface area contributed by atoms with E-state index in [1.165, 1.54) is 12.1 Å². The molecule has 0 heterocycles. The van der Waals surface area contributed by atoms with E-state index in [1.54, 1.807) is 25.3 Å². The molecule has 2 rings (SSSR count). The summed E-state index contributed by atoms with van der Waals surface area (Å²) < 4.78 is 10.9. The number of halogens is 1. The molecule has 2 aromatic rings. The van der Waals surface area contributed by atoms with E-state index in [2.05, 4.69) is 15.9 Å². The number of phenolic OH excluding ortho intramolecular Hbond substituents is 1. The van der Waals surface area contributed by atoms with Crippen LogP contribution in [0.25, 0.3) is 0 Å². The predicted octanol–water partition coefficient (Wildman–Crippen LogP) is 3.52. The zero-order valence-electron chi connectivity index (χ0n) is 10.8. The molecule has 4 nitrogen and oxygen atoms in total. The van der Waals surface area contributed by atoms with Crippen LogP contribution in [0.15, 0.2) is 46.9 Å². The quantitative estimate of drug-likeness (QED) is 0.868. The van der Waals surface area contributed by atoms with Gasteiger partial charge in [0.2, 0.25) is 0 Å². The van der Waals surface area contributed by atoms with Crippen LogP contribution in [0.1, 0.15) is 15.9 Å². The van der Waals surface area contributed by atoms with Gasteiger partial charge in [-0.3, -0.25) is 0 Å². The van der Waals surface area contributed by atoms with Gasteiger partial charge in [0.05, 0.1) is 7.11 Å². The summed E-state index contributed by atoms with van der Waals surface area (Å²) in [5.74, 6) is 0.0669. The lowest BCUT2D eigenvalue weighted by atomic mass is 10.2. The zero-order chi connectivity index (χ0) is 14.5. The zero-order valence-corrected chi connectivity index (χ0v) is 12.4. The van der Waals surface area contributed by atoms with Crippen LogP contribution in [0.2, 0.25) is 0 Å². The number of benzene rings is 2. The van der Waals surface area contributed by atoms with Gasteiger partial charge >= 0.3 is 5.97 Å². The first-order valence-corrected chi connectivity index (χ1v) is 6.68. The van der Waals surface area contributed by atoms with Crippen molar-refractivity contribution >= 4 is 21.9 Å². The van der Waals surface area contributed by atoms with Crippen LogP contribution < -0.4 is 4.74 Å². The Balaban J connectivity index is 2.02. The lowest BCUT2D eigenvalue weighted by Gasteiger charge is -2.07. The normalized spacial score (nSPS) is 10.1. The second-order valence-electron chi connectivity index (χ2n) is 4.09. The smallest absolute Gasteiger partial charge is 0.342 e. The molecule has 2 aromatic carbocycles. The first-order chi connectivity index (χ1) is 9.60. The number of aromatic hydroxyl groups is 1. The number of methoxy groups -OCH3 is 1. The van der Waals surface area contributed by atoms with Crippen LogP contribution >= 0.6 is 15.9 Å². The Hall–Kier alpha value is -2.01. The van der Waals surface area contributed by atoms with Crippen molar-refractivity contribution in [2.24, 2.45) is 0 Å². The van der Waals surface area contributed by atoms with Crippen LogP contribution in [0, 0.1) is 0 Å². The maximum atomic E-state index is 11.9. The van der Waals surface area contributed by atoms with Crippen LogP contribution in [0.4, 0.5) is 0 Å². The van der Waals surface area contributed by atoms with Crippen molar-refractivity contribution in [3.05, 3.63) is 58.1 Å². The molecule has 0 aliphatic heterocycles. The highest BCUT2D eigenvalue weighted by atomic mass is 79.9. The molecule has 0 unspecified atom stereocenters. The summed E-state index contributed by atoms with van der Waals surface area (Å²) in [5.41, 5.74) is 0.974. The van der Waals surface area contributed by atoms with Gasteiger partial charge in [0, 0.05) is 4.47 Å². The van der Waals surface area contributed by atoms with Crippen molar-refractivity contribution < 1.29 is 19.4 Å². The van der Waals surface area contributed by atoms with Crippen LogP contribution in [0.3, 0.4) is 0 Å². The highest BCUT2D eigenvalue weighted by Gasteiger charge is 2.13. The van der Waals surface area contributed by atoms with Crippen LogP contribution in [-0.2, 0) is 11.3 Å². The van der Waals surface area contributed by atoms with Crippen molar-refractivity contribution in [3.63, 3.8) is 0 Å². The summed E-state index contributed by atoms with van der Waals surface area (Å²) in [7, 11) is 1.59. The topological polar surface area (TPSA) is 55.8 Å². The highest BCUT2D eigenvalue weighted by molar-refractivity contribution is 9.10. The number of esters is 1. The number of hydrogen-bond acceptors (Lipinski definition) is 4. The summed E-state index contributed by atoms with van der Waals surface area (Å²) in [6.45, 7) is 0.134. The average molecular weight is 337 g/mol. The standard InChI is InChI=1S/C15H13BrO4/c1-19-12-5-2-10(3-6-12)9-20-15(18)13-8-11(16)4-7-14(13)17/h2-8,17H,9H2,1H3. The summed E-state index contributed by atoms with van der Waals surface area (Å²) in [6, 6.07) is 11.8. The Labute approximate surface area is 125 Å². The predicted molar refractivity (Wildman–Crippen MR) is 77.9 cm³/mol. The fraction of sp³-hybridized carbons (Fsp3) is 0.133. The average Bonchev–Trinajstić information content (AvgIpc) is 2.47. The first kappa shape index (κ1) is 14.4. The Morgan fingerprint density at radius 2 is 1.90 bits per heavy atom. The minimum atomic E-state index is -0.570.